The molecule has 0 unspecified atom stereocenters. The molecular formula is C19H19Cl2N3OS. The first-order valence-corrected chi connectivity index (χ1v) is 10.8. The molecule has 1 aliphatic rings. The van der Waals surface area contributed by atoms with Gasteiger partial charge in [-0.25, -0.2) is 4.98 Å². The number of hydrogen-bond acceptors (Lipinski definition) is 3. The maximum atomic E-state index is 11.7. The Morgan fingerprint density at radius 2 is 1.96 bits per heavy atom. The van der Waals surface area contributed by atoms with Crippen LogP contribution in [0, 0.1) is 0 Å². The lowest BCUT2D eigenvalue weighted by Crippen LogP contribution is -2.18. The first kappa shape index (κ1) is 18.0. The molecule has 2 aromatic heterocycles. The molecule has 1 fully saturated rings. The summed E-state index contributed by atoms with van der Waals surface area (Å²) in [6, 6.07) is 7.52. The summed E-state index contributed by atoms with van der Waals surface area (Å²) in [6.45, 7) is 0.398. The number of fused-ring (bicyclic) bond motifs is 1. The van der Waals surface area contributed by atoms with Crippen molar-refractivity contribution < 1.29 is 4.21 Å². The van der Waals surface area contributed by atoms with Crippen LogP contribution < -0.4 is 5.73 Å². The molecule has 0 spiro atoms. The van der Waals surface area contributed by atoms with Gasteiger partial charge >= 0.3 is 0 Å². The van der Waals surface area contributed by atoms with Crippen LogP contribution in [0.15, 0.2) is 36.7 Å². The van der Waals surface area contributed by atoms with Crippen molar-refractivity contribution in [2.75, 3.05) is 11.5 Å². The second-order valence-corrected chi connectivity index (χ2v) is 9.11. The number of halogens is 2. The molecule has 0 aliphatic carbocycles. The summed E-state index contributed by atoms with van der Waals surface area (Å²) in [6.07, 6.45) is 5.86. The molecule has 3 heterocycles. The molecule has 0 bridgehead atoms. The van der Waals surface area contributed by atoms with Crippen molar-refractivity contribution in [2.24, 2.45) is 5.73 Å². The van der Waals surface area contributed by atoms with Gasteiger partial charge in [-0.05, 0) is 36.6 Å². The summed E-state index contributed by atoms with van der Waals surface area (Å²) in [4.78, 5) is 4.57. The van der Waals surface area contributed by atoms with Crippen molar-refractivity contribution >= 4 is 39.6 Å². The Labute approximate surface area is 164 Å². The molecule has 4 nitrogen and oxygen atoms in total. The predicted octanol–water partition coefficient (Wildman–Crippen LogP) is 4.39. The zero-order valence-electron chi connectivity index (χ0n) is 14.1. The molecule has 1 aromatic carbocycles. The fourth-order valence-electron chi connectivity index (χ4n) is 3.59. The van der Waals surface area contributed by atoms with E-state index in [1.807, 2.05) is 24.4 Å². The van der Waals surface area contributed by atoms with Gasteiger partial charge in [-0.15, -0.1) is 0 Å². The molecule has 0 atom stereocenters. The number of hydrogen-bond donors (Lipinski definition) is 1. The van der Waals surface area contributed by atoms with E-state index in [2.05, 4.69) is 15.6 Å². The molecule has 1 saturated heterocycles. The standard InChI is InChI=1S/C19H19Cl2N3OS/c20-14-1-2-15(17(21)8-14)16-11-24-18(12-3-5-26(25)6-4-12)10-23-19(24)7-13(16)9-22/h1-2,7-8,10-12H,3-6,9,22H2. The Bertz CT molecular complexity index is 992. The molecule has 136 valence electrons. The third kappa shape index (κ3) is 3.29. The first-order valence-electron chi connectivity index (χ1n) is 8.57. The third-order valence-corrected chi connectivity index (χ3v) is 6.94. The Kier molecular flexibility index (Phi) is 5.06. The van der Waals surface area contributed by atoms with Crippen LogP contribution in [0.5, 0.6) is 0 Å². The fourth-order valence-corrected chi connectivity index (χ4v) is 5.40. The van der Waals surface area contributed by atoms with E-state index in [-0.39, 0.29) is 0 Å². The van der Waals surface area contributed by atoms with Crippen molar-refractivity contribution in [3.63, 3.8) is 0 Å². The van der Waals surface area contributed by atoms with E-state index in [9.17, 15) is 4.21 Å². The van der Waals surface area contributed by atoms with Crippen LogP contribution in [0.25, 0.3) is 16.8 Å². The Morgan fingerprint density at radius 3 is 2.65 bits per heavy atom. The lowest BCUT2D eigenvalue weighted by molar-refractivity contribution is 0.589. The van der Waals surface area contributed by atoms with E-state index >= 15 is 0 Å². The van der Waals surface area contributed by atoms with Crippen LogP contribution in [0.3, 0.4) is 0 Å². The van der Waals surface area contributed by atoms with E-state index in [1.54, 1.807) is 6.07 Å². The van der Waals surface area contributed by atoms with Crippen LogP contribution in [0.1, 0.15) is 30.0 Å². The minimum atomic E-state index is -0.677. The van der Waals surface area contributed by atoms with E-state index in [1.165, 1.54) is 0 Å². The van der Waals surface area contributed by atoms with Gasteiger partial charge in [0, 0.05) is 74.0 Å². The van der Waals surface area contributed by atoms with Crippen molar-refractivity contribution in [3.8, 4) is 11.1 Å². The van der Waals surface area contributed by atoms with Gasteiger partial charge in [0.1, 0.15) is 5.65 Å². The average Bonchev–Trinajstić information content (AvgIpc) is 3.04. The minimum Gasteiger partial charge on any atom is -0.326 e. The van der Waals surface area contributed by atoms with Gasteiger partial charge in [0.05, 0.1) is 0 Å². The quantitative estimate of drug-likeness (QED) is 0.699. The van der Waals surface area contributed by atoms with Gasteiger partial charge < -0.3 is 10.1 Å². The van der Waals surface area contributed by atoms with Crippen molar-refractivity contribution in [1.29, 1.82) is 0 Å². The number of imidazole rings is 1. The molecule has 4 rings (SSSR count). The lowest BCUT2D eigenvalue weighted by Gasteiger charge is -2.21. The maximum absolute atomic E-state index is 11.7. The Morgan fingerprint density at radius 1 is 1.19 bits per heavy atom. The summed E-state index contributed by atoms with van der Waals surface area (Å²) in [5.74, 6) is 1.89. The topological polar surface area (TPSA) is 60.4 Å². The number of rotatable bonds is 3. The summed E-state index contributed by atoms with van der Waals surface area (Å²) in [5, 5.41) is 1.20. The average molecular weight is 408 g/mol. The highest BCUT2D eigenvalue weighted by Gasteiger charge is 2.23. The van der Waals surface area contributed by atoms with Gasteiger partial charge in [0.15, 0.2) is 0 Å². The van der Waals surface area contributed by atoms with E-state index < -0.39 is 10.8 Å². The highest BCUT2D eigenvalue weighted by molar-refractivity contribution is 7.85. The summed E-state index contributed by atoms with van der Waals surface area (Å²) >= 11 is 12.5. The molecule has 0 saturated carbocycles. The normalized spacial score (nSPS) is 20.6. The van der Waals surface area contributed by atoms with Crippen LogP contribution >= 0.6 is 23.2 Å². The third-order valence-electron chi connectivity index (χ3n) is 5.01. The van der Waals surface area contributed by atoms with Gasteiger partial charge in [-0.2, -0.15) is 0 Å². The second-order valence-electron chi connectivity index (χ2n) is 6.57. The van der Waals surface area contributed by atoms with E-state index in [0.717, 1.165) is 52.4 Å². The zero-order chi connectivity index (χ0) is 18.3. The molecule has 1 aliphatic heterocycles. The number of benzene rings is 1. The van der Waals surface area contributed by atoms with Gasteiger partial charge in [0.25, 0.3) is 0 Å². The van der Waals surface area contributed by atoms with E-state index in [0.29, 0.717) is 22.5 Å². The van der Waals surface area contributed by atoms with Crippen LogP contribution in [-0.4, -0.2) is 25.1 Å². The summed E-state index contributed by atoms with van der Waals surface area (Å²) < 4.78 is 13.8. The monoisotopic (exact) mass is 407 g/mol. The van der Waals surface area contributed by atoms with Crippen LogP contribution in [-0.2, 0) is 17.3 Å². The molecule has 3 aromatic rings. The summed E-state index contributed by atoms with van der Waals surface area (Å²) in [7, 11) is -0.677. The largest absolute Gasteiger partial charge is 0.326 e. The number of aromatic nitrogens is 2. The molecule has 26 heavy (non-hydrogen) atoms. The lowest BCUT2D eigenvalue weighted by atomic mass is 9.98. The van der Waals surface area contributed by atoms with Gasteiger partial charge in [-0.1, -0.05) is 29.3 Å². The molecule has 0 radical (unpaired) electrons. The second kappa shape index (κ2) is 7.31. The van der Waals surface area contributed by atoms with E-state index in [4.69, 9.17) is 28.9 Å². The van der Waals surface area contributed by atoms with Crippen LogP contribution in [0.2, 0.25) is 10.0 Å². The Hall–Kier alpha value is -1.40. The highest BCUT2D eigenvalue weighted by atomic mass is 35.5. The number of pyridine rings is 1. The highest BCUT2D eigenvalue weighted by Crippen LogP contribution is 2.35. The SMILES string of the molecule is NCc1cc2ncc(C3CCS(=O)CC3)n2cc1-c1ccc(Cl)cc1Cl. The number of nitrogens with zero attached hydrogens (tertiary/aromatic N) is 2. The van der Waals surface area contributed by atoms with Crippen molar-refractivity contribution in [1.82, 2.24) is 9.38 Å². The van der Waals surface area contributed by atoms with Crippen molar-refractivity contribution in [3.05, 3.63) is 58.0 Å². The minimum absolute atomic E-state index is 0.375. The number of nitrogens with two attached hydrogens (primary N) is 1. The van der Waals surface area contributed by atoms with Gasteiger partial charge in [-0.3, -0.25) is 4.21 Å². The predicted molar refractivity (Wildman–Crippen MR) is 108 cm³/mol. The molecule has 2 N–H and O–H groups in total. The molecule has 0 amide bonds. The molecular weight excluding hydrogens is 389 g/mol. The molecule has 7 heteroatoms. The van der Waals surface area contributed by atoms with Crippen LogP contribution in [0.4, 0.5) is 0 Å². The summed E-state index contributed by atoms with van der Waals surface area (Å²) in [5.41, 5.74) is 10.9. The van der Waals surface area contributed by atoms with Crippen molar-refractivity contribution in [2.45, 2.75) is 25.3 Å². The smallest absolute Gasteiger partial charge is 0.137 e. The Balaban J connectivity index is 1.85. The maximum Gasteiger partial charge on any atom is 0.137 e. The zero-order valence-corrected chi connectivity index (χ0v) is 16.4. The van der Waals surface area contributed by atoms with Gasteiger partial charge in [0.2, 0.25) is 0 Å². The first-order chi connectivity index (χ1) is 12.6. The fraction of sp³-hybridized carbons (Fsp3) is 0.316.